The number of H-pyrrole nitrogens is 6. The van der Waals surface area contributed by atoms with Gasteiger partial charge in [-0.1, -0.05) is 11.6 Å². The van der Waals surface area contributed by atoms with Crippen LogP contribution < -0.4 is 29.4 Å². The number of nitrogens with zero attached hydrogens (tertiary/aromatic N) is 17. The van der Waals surface area contributed by atoms with Crippen LogP contribution in [0.4, 0.5) is 11.4 Å². The second kappa shape index (κ2) is 35.3. The van der Waals surface area contributed by atoms with Crippen molar-refractivity contribution in [1.29, 1.82) is 0 Å². The van der Waals surface area contributed by atoms with E-state index < -0.39 is 32.6 Å². The summed E-state index contributed by atoms with van der Waals surface area (Å²) in [6, 6.07) is 22.9. The molecule has 0 aliphatic carbocycles. The Morgan fingerprint density at radius 2 is 0.954 bits per heavy atom. The van der Waals surface area contributed by atoms with Gasteiger partial charge in [0.15, 0.2) is 56.7 Å². The quantitative estimate of drug-likeness (QED) is 0.0236. The van der Waals surface area contributed by atoms with E-state index in [1.54, 1.807) is 76.4 Å². The predicted molar refractivity (Wildman–Crippen MR) is 392 cm³/mol. The molecule has 0 spiro atoms. The molecule has 0 bridgehead atoms. The third-order valence-electron chi connectivity index (χ3n) is 15.1. The second-order valence-corrected chi connectivity index (χ2v) is 24.2. The zero-order chi connectivity index (χ0) is 77.9. The molecule has 108 heavy (non-hydrogen) atoms. The van der Waals surface area contributed by atoms with Crippen LogP contribution in [0.25, 0.3) is 77.2 Å². The maximum Gasteiger partial charge on any atom is 0.357 e. The van der Waals surface area contributed by atoms with E-state index in [0.29, 0.717) is 66.0 Å². The fraction of sp³-hybridized carbons (Fsp3) is 0.164. The summed E-state index contributed by atoms with van der Waals surface area (Å²) in [6.45, 7) is 9.05. The zero-order valence-corrected chi connectivity index (χ0v) is 60.2. The van der Waals surface area contributed by atoms with Gasteiger partial charge in [-0.05, 0) is 113 Å². The molecular formula is C67H65ClN24O15S. The van der Waals surface area contributed by atoms with Crippen molar-refractivity contribution in [2.75, 3.05) is 41.3 Å². The molecule has 0 atom stereocenters. The number of hydrogen-bond acceptors (Lipinski definition) is 29. The molecule has 0 saturated heterocycles. The van der Waals surface area contributed by atoms with Crippen molar-refractivity contribution in [2.24, 2.45) is 0 Å². The van der Waals surface area contributed by atoms with Gasteiger partial charge in [0.05, 0.1) is 111 Å². The van der Waals surface area contributed by atoms with Gasteiger partial charge in [-0.3, -0.25) is 45.5 Å². The first-order valence-corrected chi connectivity index (χ1v) is 33.0. The maximum atomic E-state index is 12.8. The number of carboxylic acids is 2. The van der Waals surface area contributed by atoms with Crippen molar-refractivity contribution in [1.82, 2.24) is 110 Å². The number of Topliss-reactive ketones (excluding diaryl/α,β-unsaturated/α-hetero) is 1. The van der Waals surface area contributed by atoms with Gasteiger partial charge >= 0.3 is 11.9 Å². The molecule has 0 unspecified atom stereocenters. The lowest BCUT2D eigenvalue weighted by Gasteiger charge is -2.06. The summed E-state index contributed by atoms with van der Waals surface area (Å²) in [7, 11) is 3.39. The predicted octanol–water partition coefficient (Wildman–Crippen LogP) is 9.01. The molecular weight excluding hydrogens is 1450 g/mol. The summed E-state index contributed by atoms with van der Waals surface area (Å²) in [5.74, 6) is 0.191. The average molecular weight is 1510 g/mol. The van der Waals surface area contributed by atoms with Crippen LogP contribution in [-0.2, 0) is 16.6 Å². The minimum Gasteiger partial charge on any atom is -0.497 e. The van der Waals surface area contributed by atoms with E-state index in [0.717, 1.165) is 67.0 Å². The number of aromatic carboxylic acids is 2. The number of nitrogens with one attached hydrogen (secondary N) is 6. The lowest BCUT2D eigenvalue weighted by Crippen LogP contribution is -2.15. The number of anilines is 1. The van der Waals surface area contributed by atoms with Gasteiger partial charge in [0, 0.05) is 68.2 Å². The number of methoxy groups -OCH3 is 5. The van der Waals surface area contributed by atoms with Crippen LogP contribution in [0.1, 0.15) is 66.7 Å². The standard InChI is InChI=1S/C15H13N3O6S.C8H7N3O3.C8H9N3O2.C8H9N3O.C7H6ClNO.C7H6N4O2.C7H8N4.C7H7N3/c1-23-9-3-5-11(6-4-9)25(21,22)18-14-12(13(17-18)15(19)20)7-10(24-2)8-16-14;1-14-4-2-5-6(8(12)13)10-11-7(5)9-3-4;1-13-5-2-6-7(4-12)10-11-8(6)9-3-5;1-5-7-3-6(12-2)4-9-8(7)11-10-5;1-5(10)6-3-2-4-9-7(6)8;1-4-6-2-5(11(12)13)3-8-7(6)10-9-4;1-4-6-2-5(8)3-9-7(6)11-10-4;1-5-6-3-2-4-8-7(6)10-9-5/h3-8H,1-2H3,(H,19,20);2-3H,1H3,(H,12,13)(H,9,10,11);2-3,12H,4H2,1H3,(H,9,10,11);3-4H,1-2H3,(H,9,10,11);2-4H,1H3;2-3H,1H3,(H,8,9,10);2-3H,8H2,1H3,(H,9,10,11);2-4H,1H3,(H,8,9,10). The molecule has 1 aromatic carbocycles. The van der Waals surface area contributed by atoms with E-state index in [1.807, 2.05) is 45.0 Å². The molecule has 0 aliphatic rings. The average Bonchev–Trinajstić information content (AvgIpc) is 1.59. The van der Waals surface area contributed by atoms with Crippen LogP contribution in [0.3, 0.4) is 0 Å². The fourth-order valence-corrected chi connectivity index (χ4v) is 10.9. The van der Waals surface area contributed by atoms with Gasteiger partial charge in [-0.25, -0.2) is 49.5 Å². The first-order chi connectivity index (χ1) is 51.8. The van der Waals surface area contributed by atoms with E-state index in [2.05, 4.69) is 106 Å². The van der Waals surface area contributed by atoms with E-state index in [-0.39, 0.29) is 50.6 Å². The first kappa shape index (κ1) is 77.9. The molecule has 0 radical (unpaired) electrons. The molecule has 41 heteroatoms. The molecule has 0 fully saturated rings. The van der Waals surface area contributed by atoms with Crippen LogP contribution in [0, 0.1) is 37.8 Å². The normalized spacial score (nSPS) is 10.6. The van der Waals surface area contributed by atoms with Gasteiger partial charge in [-0.15, -0.1) is 9.19 Å². The number of aliphatic hydroxyl groups excluding tert-OH is 1. The van der Waals surface area contributed by atoms with Gasteiger partial charge in [0.25, 0.3) is 15.7 Å². The van der Waals surface area contributed by atoms with Crippen molar-refractivity contribution >= 4 is 128 Å². The second-order valence-electron chi connectivity index (χ2n) is 22.1. The Kier molecular flexibility index (Phi) is 25.4. The van der Waals surface area contributed by atoms with E-state index >= 15 is 0 Å². The number of nitrogen functional groups attached to an aromatic ring is 1. The molecule has 39 nitrogen and oxygen atoms in total. The Morgan fingerprint density at radius 1 is 0.519 bits per heavy atom. The van der Waals surface area contributed by atoms with Crippen molar-refractivity contribution in [2.45, 2.75) is 46.1 Å². The molecule has 15 aromatic heterocycles. The highest BCUT2D eigenvalue weighted by molar-refractivity contribution is 7.90. The van der Waals surface area contributed by atoms with Gasteiger partial charge in [0.2, 0.25) is 0 Å². The summed E-state index contributed by atoms with van der Waals surface area (Å²) in [4.78, 5) is 74.5. The highest BCUT2D eigenvalue weighted by Crippen LogP contribution is 2.28. The van der Waals surface area contributed by atoms with Crippen LogP contribution in [0.5, 0.6) is 28.7 Å². The number of fused-ring (bicyclic) bond motifs is 7. The van der Waals surface area contributed by atoms with Crippen LogP contribution >= 0.6 is 11.6 Å². The smallest absolute Gasteiger partial charge is 0.357 e. The van der Waals surface area contributed by atoms with Crippen molar-refractivity contribution in [3.8, 4) is 28.7 Å². The van der Waals surface area contributed by atoms with Gasteiger partial charge in [-0.2, -0.15) is 39.0 Å². The highest BCUT2D eigenvalue weighted by atomic mass is 35.5. The lowest BCUT2D eigenvalue weighted by molar-refractivity contribution is -0.385. The monoisotopic (exact) mass is 1510 g/mol. The Hall–Kier alpha value is -14.3. The number of carbonyl (C=O) groups excluding carboxylic acids is 1. The molecule has 16 rings (SSSR count). The number of aliphatic hydroxyl groups is 1. The fourth-order valence-electron chi connectivity index (χ4n) is 9.44. The third kappa shape index (κ3) is 18.6. The Labute approximate surface area is 613 Å². The minimum atomic E-state index is -4.14. The number of rotatable bonds is 12. The number of benzene rings is 1. The molecule has 0 aliphatic heterocycles. The van der Waals surface area contributed by atoms with E-state index in [9.17, 15) is 38.0 Å². The number of aromatic nitrogens is 22. The number of halogens is 1. The van der Waals surface area contributed by atoms with Gasteiger partial charge in [0.1, 0.15) is 40.1 Å². The number of carbonyl (C=O) groups is 3. The molecule has 0 saturated carbocycles. The van der Waals surface area contributed by atoms with E-state index in [4.69, 9.17) is 51.2 Å². The largest absolute Gasteiger partial charge is 0.497 e. The number of nitro groups is 1. The third-order valence-corrected chi connectivity index (χ3v) is 16.9. The molecule has 15 heterocycles. The highest BCUT2D eigenvalue weighted by Gasteiger charge is 2.27. The zero-order valence-electron chi connectivity index (χ0n) is 58.6. The number of ether oxygens (including phenoxy) is 5. The Morgan fingerprint density at radius 3 is 1.45 bits per heavy atom. The number of aromatic amines is 6. The molecule has 16 aromatic rings. The van der Waals surface area contributed by atoms with E-state index in [1.165, 1.54) is 83.2 Å². The Bertz CT molecular complexity index is 5980. The maximum absolute atomic E-state index is 12.8. The van der Waals surface area contributed by atoms with Crippen LogP contribution in [0.2, 0.25) is 5.15 Å². The topological polar surface area (TPSA) is 554 Å². The van der Waals surface area contributed by atoms with Crippen molar-refractivity contribution in [3.63, 3.8) is 0 Å². The van der Waals surface area contributed by atoms with Crippen LogP contribution in [0.15, 0.2) is 139 Å². The first-order valence-electron chi connectivity index (χ1n) is 31.2. The number of hydrogen-bond donors (Lipinski definition) is 10. The number of carboxylic acid groups (broad SMARTS) is 2. The van der Waals surface area contributed by atoms with Crippen molar-refractivity contribution in [3.05, 3.63) is 195 Å². The number of pyridine rings is 8. The number of aryl methyl sites for hydroxylation is 4. The van der Waals surface area contributed by atoms with Crippen LogP contribution in [-0.4, -0.2) is 192 Å². The SMILES string of the molecule is CC(=O)c1cccnc1Cl.COc1ccc(S(=O)(=O)n2nc(C(=O)O)c3cc(OC)cnc32)cc1.COc1cnc2n[nH]c(C(=O)O)c2c1.COc1cnc2n[nH]c(C)c2c1.COc1cnc2n[nH]c(CO)c2c1.Cc1[nH]nc2ncc(N)cc12.Cc1[nH]nc2ncc([N+](=O)[O-])cc12.Cc1[nH]nc2ncccc12. The summed E-state index contributed by atoms with van der Waals surface area (Å²) >= 11 is 5.59. The summed E-state index contributed by atoms with van der Waals surface area (Å²) in [5.41, 5.74) is 14.4. The van der Waals surface area contributed by atoms with Crippen molar-refractivity contribution < 1.29 is 66.7 Å². The number of nitrogens with two attached hydrogens (primary N) is 1. The molecule has 0 amide bonds. The molecule has 11 N–H and O–H groups in total. The van der Waals surface area contributed by atoms with Gasteiger partial charge < -0.3 is 44.7 Å². The minimum absolute atomic E-state index is 0.0167. The Balaban J connectivity index is 0.000000145. The summed E-state index contributed by atoms with van der Waals surface area (Å²) in [6.07, 6.45) is 12.1. The number of ketones is 1. The lowest BCUT2D eigenvalue weighted by atomic mass is 10.2. The summed E-state index contributed by atoms with van der Waals surface area (Å²) in [5, 5.41) is 86.4. The molecule has 556 valence electrons. The summed E-state index contributed by atoms with van der Waals surface area (Å²) < 4.78 is 51.3.